The highest BCUT2D eigenvalue weighted by molar-refractivity contribution is 9.10. The highest BCUT2D eigenvalue weighted by Crippen LogP contribution is 2.25. The lowest BCUT2D eigenvalue weighted by Gasteiger charge is -2.14. The van der Waals surface area contributed by atoms with Crippen molar-refractivity contribution in [3.8, 4) is 5.75 Å². The molecular weight excluding hydrogens is 444 g/mol. The monoisotopic (exact) mass is 468 g/mol. The van der Waals surface area contributed by atoms with Crippen LogP contribution in [0.1, 0.15) is 31.4 Å². The lowest BCUT2D eigenvalue weighted by Crippen LogP contribution is -2.31. The molecule has 1 atom stereocenters. The second kappa shape index (κ2) is 9.54. The number of aryl methyl sites for hydroxylation is 2. The summed E-state index contributed by atoms with van der Waals surface area (Å²) in [6.45, 7) is 7.38. The number of rotatable bonds is 8. The fraction of sp³-hybridized carbons (Fsp3) is 0.350. The third kappa shape index (κ3) is 6.05. The molecule has 0 unspecified atom stereocenters. The summed E-state index contributed by atoms with van der Waals surface area (Å²) in [6, 6.07) is 9.70. The molecule has 0 heterocycles. The molecule has 0 aromatic heterocycles. The molecule has 28 heavy (non-hydrogen) atoms. The first-order valence-electron chi connectivity index (χ1n) is 8.94. The quantitative estimate of drug-likeness (QED) is 0.608. The zero-order valence-corrected chi connectivity index (χ0v) is 18.8. The predicted molar refractivity (Wildman–Crippen MR) is 114 cm³/mol. The Labute approximate surface area is 174 Å². The molecule has 0 saturated heterocycles. The molecule has 2 aromatic carbocycles. The minimum atomic E-state index is -3.56. The van der Waals surface area contributed by atoms with Crippen LogP contribution in [0.2, 0.25) is 0 Å². The smallest absolute Gasteiger partial charge is 0.262 e. The molecule has 2 N–H and O–H groups in total. The number of nitrogens with one attached hydrogen (secondary N) is 2. The molecule has 0 spiro atoms. The summed E-state index contributed by atoms with van der Waals surface area (Å²) in [5.41, 5.74) is 2.65. The zero-order valence-electron chi connectivity index (χ0n) is 16.4. The Balaban J connectivity index is 1.97. The minimum absolute atomic E-state index is 0.143. The van der Waals surface area contributed by atoms with E-state index in [1.165, 1.54) is 24.3 Å². The summed E-state index contributed by atoms with van der Waals surface area (Å²) < 4.78 is 33.5. The van der Waals surface area contributed by atoms with Gasteiger partial charge < -0.3 is 10.1 Å². The number of anilines is 1. The van der Waals surface area contributed by atoms with Crippen LogP contribution in [0.3, 0.4) is 0 Å². The Morgan fingerprint density at radius 1 is 1.14 bits per heavy atom. The molecular formula is C20H25BrN2O4S. The van der Waals surface area contributed by atoms with E-state index in [1.54, 1.807) is 0 Å². The Morgan fingerprint density at radius 3 is 2.25 bits per heavy atom. The molecule has 2 aromatic rings. The standard InChI is InChI=1S/C20H25BrN2O4S/c1-5-15(4)23-28(25,26)18-8-6-17(7-9-18)27-12-19(24)22-20-13(2)10-16(21)11-14(20)3/h6-11,15,23H,5,12H2,1-4H3,(H,22,24)/t15-/m0/s1. The molecule has 0 saturated carbocycles. The predicted octanol–water partition coefficient (Wildman–Crippen LogP) is 4.16. The number of ether oxygens (including phenoxy) is 1. The van der Waals surface area contributed by atoms with E-state index in [-0.39, 0.29) is 23.5 Å². The van der Waals surface area contributed by atoms with Gasteiger partial charge in [0.1, 0.15) is 5.75 Å². The average molecular weight is 469 g/mol. The fourth-order valence-electron chi connectivity index (χ4n) is 2.56. The second-order valence-electron chi connectivity index (χ2n) is 6.65. The summed E-state index contributed by atoms with van der Waals surface area (Å²) in [5, 5.41) is 2.85. The van der Waals surface area contributed by atoms with Gasteiger partial charge >= 0.3 is 0 Å². The van der Waals surface area contributed by atoms with Gasteiger partial charge in [0.2, 0.25) is 10.0 Å². The number of hydrogen-bond donors (Lipinski definition) is 2. The van der Waals surface area contributed by atoms with Gasteiger partial charge in [0, 0.05) is 16.2 Å². The van der Waals surface area contributed by atoms with Crippen LogP contribution in [-0.2, 0) is 14.8 Å². The van der Waals surface area contributed by atoms with Gasteiger partial charge in [-0.3, -0.25) is 4.79 Å². The molecule has 0 radical (unpaired) electrons. The second-order valence-corrected chi connectivity index (χ2v) is 9.28. The van der Waals surface area contributed by atoms with Crippen molar-refractivity contribution < 1.29 is 17.9 Å². The first kappa shape index (κ1) is 22.4. The first-order chi connectivity index (χ1) is 13.1. The topological polar surface area (TPSA) is 84.5 Å². The van der Waals surface area contributed by atoms with Crippen molar-refractivity contribution in [2.75, 3.05) is 11.9 Å². The van der Waals surface area contributed by atoms with E-state index in [9.17, 15) is 13.2 Å². The van der Waals surface area contributed by atoms with E-state index in [1.807, 2.05) is 39.8 Å². The van der Waals surface area contributed by atoms with E-state index >= 15 is 0 Å². The average Bonchev–Trinajstić information content (AvgIpc) is 2.63. The summed E-state index contributed by atoms with van der Waals surface area (Å²) in [5.74, 6) is 0.130. The number of carbonyl (C=O) groups is 1. The van der Waals surface area contributed by atoms with Crippen molar-refractivity contribution >= 4 is 37.5 Å². The van der Waals surface area contributed by atoms with E-state index in [0.29, 0.717) is 12.2 Å². The molecule has 0 fully saturated rings. The van der Waals surface area contributed by atoms with Crippen molar-refractivity contribution in [3.63, 3.8) is 0 Å². The van der Waals surface area contributed by atoms with Crippen molar-refractivity contribution in [1.82, 2.24) is 4.72 Å². The maximum Gasteiger partial charge on any atom is 0.262 e. The summed E-state index contributed by atoms with van der Waals surface area (Å²) in [7, 11) is -3.56. The fourth-order valence-corrected chi connectivity index (χ4v) is 4.58. The third-order valence-corrected chi connectivity index (χ3v) is 6.30. The molecule has 152 valence electrons. The van der Waals surface area contributed by atoms with Crippen LogP contribution in [0.25, 0.3) is 0 Å². The minimum Gasteiger partial charge on any atom is -0.484 e. The Morgan fingerprint density at radius 2 is 1.71 bits per heavy atom. The van der Waals surface area contributed by atoms with Gasteiger partial charge in [-0.2, -0.15) is 0 Å². The molecule has 2 rings (SSSR count). The number of hydrogen-bond acceptors (Lipinski definition) is 4. The van der Waals surface area contributed by atoms with Crippen LogP contribution in [0, 0.1) is 13.8 Å². The summed E-state index contributed by atoms with van der Waals surface area (Å²) >= 11 is 3.43. The SMILES string of the molecule is CC[C@H](C)NS(=O)(=O)c1ccc(OCC(=O)Nc2c(C)cc(Br)cc2C)cc1. The van der Waals surface area contributed by atoms with Crippen molar-refractivity contribution in [3.05, 3.63) is 52.0 Å². The number of sulfonamides is 1. The van der Waals surface area contributed by atoms with E-state index in [2.05, 4.69) is 26.0 Å². The lowest BCUT2D eigenvalue weighted by molar-refractivity contribution is -0.118. The molecule has 1 amide bonds. The molecule has 0 aliphatic heterocycles. The maximum absolute atomic E-state index is 12.3. The van der Waals surface area contributed by atoms with Crippen molar-refractivity contribution in [2.24, 2.45) is 0 Å². The third-order valence-electron chi connectivity index (χ3n) is 4.23. The highest BCUT2D eigenvalue weighted by atomic mass is 79.9. The van der Waals surface area contributed by atoms with Gasteiger partial charge in [0.25, 0.3) is 5.91 Å². The maximum atomic E-state index is 12.3. The normalized spacial score (nSPS) is 12.5. The van der Waals surface area contributed by atoms with Crippen molar-refractivity contribution in [1.29, 1.82) is 0 Å². The first-order valence-corrected chi connectivity index (χ1v) is 11.2. The van der Waals surface area contributed by atoms with Crippen LogP contribution in [0.4, 0.5) is 5.69 Å². The van der Waals surface area contributed by atoms with Gasteiger partial charge in [-0.25, -0.2) is 13.1 Å². The summed E-state index contributed by atoms with van der Waals surface area (Å²) in [6.07, 6.45) is 0.701. The molecule has 8 heteroatoms. The molecule has 0 aliphatic carbocycles. The summed E-state index contributed by atoms with van der Waals surface area (Å²) in [4.78, 5) is 12.4. The Bertz CT molecular complexity index is 920. The van der Waals surface area contributed by atoms with Crippen LogP contribution < -0.4 is 14.8 Å². The van der Waals surface area contributed by atoms with Gasteiger partial charge in [0.15, 0.2) is 6.61 Å². The van der Waals surface area contributed by atoms with Crippen LogP contribution in [0.5, 0.6) is 5.75 Å². The van der Waals surface area contributed by atoms with Crippen molar-refractivity contribution in [2.45, 2.75) is 45.1 Å². The number of carbonyl (C=O) groups excluding carboxylic acids is 1. The molecule has 0 bridgehead atoms. The van der Waals surface area contributed by atoms with Gasteiger partial charge in [-0.1, -0.05) is 22.9 Å². The van der Waals surface area contributed by atoms with Gasteiger partial charge in [0.05, 0.1) is 4.90 Å². The van der Waals surface area contributed by atoms with E-state index in [4.69, 9.17) is 4.74 Å². The van der Waals surface area contributed by atoms with Gasteiger partial charge in [-0.05, 0) is 74.7 Å². The Hall–Kier alpha value is -1.90. The van der Waals surface area contributed by atoms with E-state index < -0.39 is 10.0 Å². The molecule has 6 nitrogen and oxygen atoms in total. The number of halogens is 1. The molecule has 0 aliphatic rings. The largest absolute Gasteiger partial charge is 0.484 e. The number of amides is 1. The van der Waals surface area contributed by atoms with E-state index in [0.717, 1.165) is 21.3 Å². The highest BCUT2D eigenvalue weighted by Gasteiger charge is 2.16. The van der Waals surface area contributed by atoms with Crippen LogP contribution >= 0.6 is 15.9 Å². The zero-order chi connectivity index (χ0) is 20.9. The van der Waals surface area contributed by atoms with Gasteiger partial charge in [-0.15, -0.1) is 0 Å². The van der Waals surface area contributed by atoms with Crippen LogP contribution in [0.15, 0.2) is 45.8 Å². The lowest BCUT2D eigenvalue weighted by atomic mass is 10.1. The van der Waals surface area contributed by atoms with Crippen LogP contribution in [-0.4, -0.2) is 27.0 Å². The number of benzene rings is 2. The Kier molecular flexibility index (Phi) is 7.63.